The number of fused-ring (bicyclic) bond motifs is 1. The highest BCUT2D eigenvalue weighted by molar-refractivity contribution is 6.05. The summed E-state index contributed by atoms with van der Waals surface area (Å²) in [5.41, 5.74) is 1.82. The lowest BCUT2D eigenvalue weighted by Gasteiger charge is -2.50. The number of ether oxygens (including phenoxy) is 1. The fourth-order valence-electron chi connectivity index (χ4n) is 5.74. The van der Waals surface area contributed by atoms with Gasteiger partial charge in [0.25, 0.3) is 5.91 Å². The predicted octanol–water partition coefficient (Wildman–Crippen LogP) is 4.06. The van der Waals surface area contributed by atoms with Crippen LogP contribution in [0.15, 0.2) is 42.5 Å². The van der Waals surface area contributed by atoms with E-state index in [1.54, 1.807) is 0 Å². The number of rotatable bonds is 4. The highest BCUT2D eigenvalue weighted by atomic mass is 16.5. The summed E-state index contributed by atoms with van der Waals surface area (Å²) in [7, 11) is 0. The van der Waals surface area contributed by atoms with Crippen LogP contribution in [0.2, 0.25) is 0 Å². The minimum atomic E-state index is -0.509. The fraction of sp³-hybridized carbons (Fsp3) is 0.480. The summed E-state index contributed by atoms with van der Waals surface area (Å²) in [4.78, 5) is 33.9. The summed E-state index contributed by atoms with van der Waals surface area (Å²) < 4.78 is 5.89. The van der Waals surface area contributed by atoms with Crippen molar-refractivity contribution in [1.29, 1.82) is 0 Å². The third-order valence-corrected chi connectivity index (χ3v) is 7.10. The Balaban J connectivity index is 1.57. The van der Waals surface area contributed by atoms with E-state index in [0.29, 0.717) is 17.9 Å². The smallest absolute Gasteiger partial charge is 0.254 e. The predicted molar refractivity (Wildman–Crippen MR) is 118 cm³/mol. The number of nitrogens with zero attached hydrogens (tertiary/aromatic N) is 2. The van der Waals surface area contributed by atoms with Crippen LogP contribution in [0.25, 0.3) is 0 Å². The average Bonchev–Trinajstić information content (AvgIpc) is 3.44. The van der Waals surface area contributed by atoms with Crippen LogP contribution in [0.3, 0.4) is 0 Å². The number of nitrogens with one attached hydrogen (secondary N) is 1. The van der Waals surface area contributed by atoms with Crippen LogP contribution in [0.5, 0.6) is 0 Å². The topological polar surface area (TPSA) is 71.5 Å². The zero-order valence-corrected chi connectivity index (χ0v) is 18.0. The van der Waals surface area contributed by atoms with E-state index >= 15 is 0 Å². The number of benzene rings is 1. The SMILES string of the molecule is Cc1cccc(NC(=O)[C@@H]2c3ccccc3C(=O)N(C[C@H]3CCCO3)C23CCCC3)n1. The van der Waals surface area contributed by atoms with Gasteiger partial charge in [0.2, 0.25) is 5.91 Å². The van der Waals surface area contributed by atoms with Gasteiger partial charge in [0.05, 0.1) is 17.6 Å². The third kappa shape index (κ3) is 3.53. The summed E-state index contributed by atoms with van der Waals surface area (Å²) in [6.45, 7) is 3.21. The highest BCUT2D eigenvalue weighted by Gasteiger charge is 2.56. The molecule has 1 spiro atoms. The normalized spacial score (nSPS) is 24.4. The lowest BCUT2D eigenvalue weighted by molar-refractivity contribution is -0.121. The van der Waals surface area contributed by atoms with Crippen LogP contribution in [-0.4, -0.2) is 46.5 Å². The van der Waals surface area contributed by atoms with Gasteiger partial charge >= 0.3 is 0 Å². The molecule has 31 heavy (non-hydrogen) atoms. The van der Waals surface area contributed by atoms with Gasteiger partial charge in [0.1, 0.15) is 5.82 Å². The van der Waals surface area contributed by atoms with Gasteiger partial charge in [0, 0.05) is 24.4 Å². The molecule has 0 radical (unpaired) electrons. The van der Waals surface area contributed by atoms with Crippen LogP contribution in [-0.2, 0) is 9.53 Å². The molecule has 6 nitrogen and oxygen atoms in total. The van der Waals surface area contributed by atoms with Crippen molar-refractivity contribution in [2.24, 2.45) is 0 Å². The molecule has 1 saturated heterocycles. The Labute approximate surface area is 183 Å². The number of amides is 2. The average molecular weight is 420 g/mol. The standard InChI is InChI=1S/C25H29N3O3/c1-17-8-6-12-21(26-17)27-23(29)22-19-10-2-3-11-20(19)24(30)28(16-18-9-7-15-31-18)25(22)13-4-5-14-25/h2-3,6,8,10-12,18,22H,4-5,7,9,13-16H2,1H3,(H,26,27,29)/t18-,22+/m1/s1. The molecule has 1 N–H and O–H groups in total. The molecule has 162 valence electrons. The van der Waals surface area contributed by atoms with Crippen LogP contribution in [0, 0.1) is 6.92 Å². The summed E-state index contributed by atoms with van der Waals surface area (Å²) in [6.07, 6.45) is 5.74. The Morgan fingerprint density at radius 3 is 2.71 bits per heavy atom. The molecule has 0 unspecified atom stereocenters. The van der Waals surface area contributed by atoms with Gasteiger partial charge in [-0.15, -0.1) is 0 Å². The molecular weight excluding hydrogens is 390 g/mol. The minimum Gasteiger partial charge on any atom is -0.376 e. The van der Waals surface area contributed by atoms with Crippen molar-refractivity contribution >= 4 is 17.6 Å². The number of aromatic nitrogens is 1. The third-order valence-electron chi connectivity index (χ3n) is 7.10. The number of carbonyl (C=O) groups is 2. The van der Waals surface area contributed by atoms with Crippen molar-refractivity contribution in [2.75, 3.05) is 18.5 Å². The molecule has 2 aromatic rings. The molecule has 1 aromatic carbocycles. The molecule has 1 aromatic heterocycles. The van der Waals surface area contributed by atoms with E-state index in [2.05, 4.69) is 10.3 Å². The van der Waals surface area contributed by atoms with Crippen molar-refractivity contribution in [3.63, 3.8) is 0 Å². The van der Waals surface area contributed by atoms with Crippen molar-refractivity contribution < 1.29 is 14.3 Å². The molecule has 2 atom stereocenters. The van der Waals surface area contributed by atoms with E-state index < -0.39 is 11.5 Å². The van der Waals surface area contributed by atoms with E-state index in [1.165, 1.54) is 0 Å². The maximum atomic E-state index is 13.8. The number of hydrogen-bond acceptors (Lipinski definition) is 4. The molecule has 1 aliphatic carbocycles. The van der Waals surface area contributed by atoms with Gasteiger partial charge in [-0.05, 0) is 56.4 Å². The molecule has 5 rings (SSSR count). The van der Waals surface area contributed by atoms with E-state index in [1.807, 2.05) is 54.3 Å². The lowest BCUT2D eigenvalue weighted by Crippen LogP contribution is -2.61. The lowest BCUT2D eigenvalue weighted by atomic mass is 9.71. The van der Waals surface area contributed by atoms with E-state index in [0.717, 1.165) is 56.4 Å². The highest BCUT2D eigenvalue weighted by Crippen LogP contribution is 2.50. The molecule has 2 amide bonds. The maximum Gasteiger partial charge on any atom is 0.254 e. The summed E-state index contributed by atoms with van der Waals surface area (Å²) in [5.74, 6) is 0.0776. The summed E-state index contributed by atoms with van der Waals surface area (Å²) in [5, 5.41) is 3.05. The van der Waals surface area contributed by atoms with Crippen molar-refractivity contribution in [3.8, 4) is 0 Å². The molecule has 2 fully saturated rings. The van der Waals surface area contributed by atoms with Crippen LogP contribution in [0.1, 0.15) is 66.1 Å². The second-order valence-electron chi connectivity index (χ2n) is 9.04. The number of aryl methyl sites for hydroxylation is 1. The molecular formula is C25H29N3O3. The van der Waals surface area contributed by atoms with Gasteiger partial charge < -0.3 is 15.0 Å². The first-order valence-electron chi connectivity index (χ1n) is 11.4. The molecule has 6 heteroatoms. The number of hydrogen-bond donors (Lipinski definition) is 1. The van der Waals surface area contributed by atoms with E-state index in [4.69, 9.17) is 4.74 Å². The second kappa shape index (κ2) is 8.08. The minimum absolute atomic E-state index is 0.0331. The van der Waals surface area contributed by atoms with Gasteiger partial charge in [-0.3, -0.25) is 9.59 Å². The largest absolute Gasteiger partial charge is 0.376 e. The Bertz CT molecular complexity index is 993. The molecule has 3 aliphatic rings. The fourth-order valence-corrected chi connectivity index (χ4v) is 5.74. The number of pyridine rings is 1. The molecule has 3 heterocycles. The van der Waals surface area contributed by atoms with Crippen LogP contribution >= 0.6 is 0 Å². The first kappa shape index (κ1) is 20.2. The van der Waals surface area contributed by atoms with Gasteiger partial charge in [-0.25, -0.2) is 4.98 Å². The zero-order valence-electron chi connectivity index (χ0n) is 18.0. The van der Waals surface area contributed by atoms with E-state index in [-0.39, 0.29) is 17.9 Å². The van der Waals surface area contributed by atoms with Gasteiger partial charge in [-0.2, -0.15) is 0 Å². The van der Waals surface area contributed by atoms with Gasteiger partial charge in [-0.1, -0.05) is 37.1 Å². The monoisotopic (exact) mass is 419 g/mol. The molecule has 1 saturated carbocycles. The number of anilines is 1. The second-order valence-corrected chi connectivity index (χ2v) is 9.04. The first-order valence-corrected chi connectivity index (χ1v) is 11.4. The van der Waals surface area contributed by atoms with Crippen molar-refractivity contribution in [3.05, 3.63) is 59.3 Å². The molecule has 0 bridgehead atoms. The quantitative estimate of drug-likeness (QED) is 0.811. The maximum absolute atomic E-state index is 13.8. The Hall–Kier alpha value is -2.73. The Morgan fingerprint density at radius 2 is 1.97 bits per heavy atom. The Morgan fingerprint density at radius 1 is 1.16 bits per heavy atom. The van der Waals surface area contributed by atoms with Gasteiger partial charge in [0.15, 0.2) is 0 Å². The van der Waals surface area contributed by atoms with E-state index in [9.17, 15) is 9.59 Å². The molecule has 2 aliphatic heterocycles. The van der Waals surface area contributed by atoms with Crippen LogP contribution < -0.4 is 5.32 Å². The van der Waals surface area contributed by atoms with Crippen LogP contribution in [0.4, 0.5) is 5.82 Å². The summed E-state index contributed by atoms with van der Waals surface area (Å²) in [6, 6.07) is 13.2. The van der Waals surface area contributed by atoms with Crippen molar-refractivity contribution in [2.45, 2.75) is 63.0 Å². The Kier molecular flexibility index (Phi) is 5.26. The summed E-state index contributed by atoms with van der Waals surface area (Å²) >= 11 is 0. The van der Waals surface area contributed by atoms with Crippen molar-refractivity contribution in [1.82, 2.24) is 9.88 Å². The first-order chi connectivity index (χ1) is 15.1. The number of carbonyl (C=O) groups excluding carboxylic acids is 2. The zero-order chi connectivity index (χ0) is 21.4.